The lowest BCUT2D eigenvalue weighted by Crippen LogP contribution is -2.25. The Labute approximate surface area is 155 Å². The lowest BCUT2D eigenvalue weighted by Gasteiger charge is -2.38. The summed E-state index contributed by atoms with van der Waals surface area (Å²) in [6, 6.07) is 4.48. The molecule has 2 fully saturated rings. The van der Waals surface area contributed by atoms with Gasteiger partial charge in [-0.2, -0.15) is 8.78 Å². The molecule has 0 bridgehead atoms. The molecule has 0 atom stereocenters. The quantitative estimate of drug-likeness (QED) is 0.511. The summed E-state index contributed by atoms with van der Waals surface area (Å²) in [6.45, 7) is -0.708. The maximum atomic E-state index is 14.0. The Bertz CT molecular complexity index is 559. The second-order valence-corrected chi connectivity index (χ2v) is 8.25. The monoisotopic (exact) mass is 368 g/mol. The van der Waals surface area contributed by atoms with Gasteiger partial charge in [0.15, 0.2) is 11.6 Å². The van der Waals surface area contributed by atoms with Crippen molar-refractivity contribution in [3.8, 4) is 5.75 Å². The van der Waals surface area contributed by atoms with Crippen LogP contribution in [0.4, 0.5) is 13.2 Å². The summed E-state index contributed by atoms with van der Waals surface area (Å²) < 4.78 is 42.7. The molecule has 1 aromatic rings. The maximum Gasteiger partial charge on any atom is 0.387 e. The molecule has 4 heteroatoms. The highest BCUT2D eigenvalue weighted by Crippen LogP contribution is 2.44. The first-order chi connectivity index (χ1) is 12.6. The van der Waals surface area contributed by atoms with Crippen molar-refractivity contribution in [1.82, 2.24) is 0 Å². The van der Waals surface area contributed by atoms with Crippen molar-refractivity contribution >= 4 is 0 Å². The molecular weight excluding hydrogens is 337 g/mol. The van der Waals surface area contributed by atoms with E-state index in [1.54, 1.807) is 6.07 Å². The van der Waals surface area contributed by atoms with Gasteiger partial charge in [0.2, 0.25) is 0 Å². The molecule has 0 aromatic heterocycles. The summed E-state index contributed by atoms with van der Waals surface area (Å²) in [5.41, 5.74) is 0.925. The number of hydrogen-bond donors (Lipinski definition) is 0. The van der Waals surface area contributed by atoms with Gasteiger partial charge in [-0.1, -0.05) is 38.7 Å². The van der Waals surface area contributed by atoms with E-state index in [4.69, 9.17) is 0 Å². The molecule has 0 heterocycles. The molecule has 26 heavy (non-hydrogen) atoms. The van der Waals surface area contributed by atoms with Crippen LogP contribution in [0, 0.1) is 23.6 Å². The van der Waals surface area contributed by atoms with Crippen molar-refractivity contribution < 1.29 is 17.9 Å². The van der Waals surface area contributed by atoms with Crippen LogP contribution in [0.3, 0.4) is 0 Å². The first-order valence-corrected chi connectivity index (χ1v) is 10.3. The summed E-state index contributed by atoms with van der Waals surface area (Å²) >= 11 is 0. The molecule has 2 aliphatic rings. The predicted octanol–water partition coefficient (Wildman–Crippen LogP) is 7.31. The van der Waals surface area contributed by atoms with E-state index in [0.717, 1.165) is 36.2 Å². The van der Waals surface area contributed by atoms with E-state index >= 15 is 0 Å². The first-order valence-electron chi connectivity index (χ1n) is 10.3. The fourth-order valence-electron chi connectivity index (χ4n) is 5.24. The summed E-state index contributed by atoms with van der Waals surface area (Å²) in [5, 5.41) is 0. The normalized spacial score (nSPS) is 29.7. The van der Waals surface area contributed by atoms with Crippen molar-refractivity contribution in [3.05, 3.63) is 29.6 Å². The Morgan fingerprint density at radius 1 is 0.962 bits per heavy atom. The Balaban J connectivity index is 1.50. The van der Waals surface area contributed by atoms with E-state index in [9.17, 15) is 13.2 Å². The van der Waals surface area contributed by atoms with Crippen LogP contribution in [0.5, 0.6) is 5.75 Å². The van der Waals surface area contributed by atoms with Crippen molar-refractivity contribution in [2.75, 3.05) is 0 Å². The largest absolute Gasteiger partial charge is 0.432 e. The van der Waals surface area contributed by atoms with Crippen LogP contribution in [-0.2, 0) is 0 Å². The van der Waals surface area contributed by atoms with Crippen LogP contribution in [0.25, 0.3) is 0 Å². The van der Waals surface area contributed by atoms with Crippen molar-refractivity contribution in [3.63, 3.8) is 0 Å². The molecule has 0 N–H and O–H groups in total. The molecule has 2 saturated carbocycles. The molecule has 0 saturated heterocycles. The second kappa shape index (κ2) is 9.14. The molecule has 146 valence electrons. The highest BCUT2D eigenvalue weighted by molar-refractivity contribution is 5.31. The Kier molecular flexibility index (Phi) is 6.88. The van der Waals surface area contributed by atoms with E-state index in [2.05, 4.69) is 11.7 Å². The van der Waals surface area contributed by atoms with Gasteiger partial charge in [0.25, 0.3) is 0 Å². The topological polar surface area (TPSA) is 9.23 Å². The zero-order valence-corrected chi connectivity index (χ0v) is 15.7. The highest BCUT2D eigenvalue weighted by Gasteiger charge is 2.31. The van der Waals surface area contributed by atoms with Crippen LogP contribution in [0.15, 0.2) is 18.2 Å². The standard InChI is InChI=1S/C22H31F3O/c1-2-3-15-4-6-16(7-5-15)17-8-10-18(11-9-17)19-12-13-21(20(23)14-19)26-22(24)25/h12-18,22H,2-11H2,1H3/t15-,16-,17?,18?. The summed E-state index contributed by atoms with van der Waals surface area (Å²) in [4.78, 5) is 0. The van der Waals surface area contributed by atoms with Crippen LogP contribution in [-0.4, -0.2) is 6.61 Å². The second-order valence-electron chi connectivity index (χ2n) is 8.25. The maximum absolute atomic E-state index is 14.0. The van der Waals surface area contributed by atoms with E-state index in [-0.39, 0.29) is 5.75 Å². The molecule has 1 nitrogen and oxygen atoms in total. The van der Waals surface area contributed by atoms with Gasteiger partial charge in [0, 0.05) is 0 Å². The SMILES string of the molecule is CCC[C@H]1CC[C@H](C2CCC(c3ccc(OC(F)F)c(F)c3)CC2)CC1. The van der Waals surface area contributed by atoms with Gasteiger partial charge in [-0.05, 0) is 79.9 Å². The third kappa shape index (κ3) is 4.95. The summed E-state index contributed by atoms with van der Waals surface area (Å²) in [5.74, 6) is 1.95. The fourth-order valence-corrected chi connectivity index (χ4v) is 5.24. The molecule has 0 unspecified atom stereocenters. The molecule has 0 amide bonds. The first kappa shape index (κ1) is 19.6. The van der Waals surface area contributed by atoms with Gasteiger partial charge in [0.05, 0.1) is 0 Å². The zero-order valence-electron chi connectivity index (χ0n) is 15.7. The third-order valence-electron chi connectivity index (χ3n) is 6.67. The molecule has 0 spiro atoms. The Hall–Kier alpha value is -1.19. The van der Waals surface area contributed by atoms with Gasteiger partial charge in [-0.3, -0.25) is 0 Å². The minimum atomic E-state index is -2.99. The van der Waals surface area contributed by atoms with Crippen LogP contribution < -0.4 is 4.74 Å². The number of rotatable bonds is 6. The molecular formula is C22H31F3O. The highest BCUT2D eigenvalue weighted by atomic mass is 19.3. The van der Waals surface area contributed by atoms with E-state index in [1.807, 2.05) is 0 Å². The molecule has 2 aliphatic carbocycles. The van der Waals surface area contributed by atoms with Crippen molar-refractivity contribution in [1.29, 1.82) is 0 Å². The van der Waals surface area contributed by atoms with Crippen LogP contribution in [0.2, 0.25) is 0 Å². The predicted molar refractivity (Wildman–Crippen MR) is 98.1 cm³/mol. The molecule has 0 radical (unpaired) electrons. The minimum Gasteiger partial charge on any atom is -0.432 e. The molecule has 0 aliphatic heterocycles. The smallest absolute Gasteiger partial charge is 0.387 e. The number of hydrogen-bond acceptors (Lipinski definition) is 1. The summed E-state index contributed by atoms with van der Waals surface area (Å²) in [6.07, 6.45) is 12.8. The molecule has 3 rings (SSSR count). The zero-order chi connectivity index (χ0) is 18.5. The third-order valence-corrected chi connectivity index (χ3v) is 6.67. The Morgan fingerprint density at radius 2 is 1.58 bits per heavy atom. The lowest BCUT2D eigenvalue weighted by molar-refractivity contribution is -0.0522. The number of alkyl halides is 2. The van der Waals surface area contributed by atoms with Gasteiger partial charge in [-0.25, -0.2) is 4.39 Å². The van der Waals surface area contributed by atoms with Crippen molar-refractivity contribution in [2.45, 2.75) is 83.7 Å². The van der Waals surface area contributed by atoms with Crippen LogP contribution >= 0.6 is 0 Å². The Morgan fingerprint density at radius 3 is 2.12 bits per heavy atom. The number of benzene rings is 1. The van der Waals surface area contributed by atoms with E-state index < -0.39 is 12.4 Å². The van der Waals surface area contributed by atoms with Gasteiger partial charge in [-0.15, -0.1) is 0 Å². The van der Waals surface area contributed by atoms with Crippen LogP contribution in [0.1, 0.15) is 82.6 Å². The molecule has 1 aromatic carbocycles. The average molecular weight is 368 g/mol. The lowest BCUT2D eigenvalue weighted by atomic mass is 9.68. The van der Waals surface area contributed by atoms with Gasteiger partial charge in [0.1, 0.15) is 0 Å². The average Bonchev–Trinajstić information content (AvgIpc) is 2.64. The number of ether oxygens (including phenoxy) is 1. The van der Waals surface area contributed by atoms with Gasteiger partial charge < -0.3 is 4.74 Å². The minimum absolute atomic E-state index is 0.345. The van der Waals surface area contributed by atoms with Crippen molar-refractivity contribution in [2.24, 2.45) is 17.8 Å². The van der Waals surface area contributed by atoms with E-state index in [0.29, 0.717) is 5.92 Å². The van der Waals surface area contributed by atoms with E-state index in [1.165, 1.54) is 63.5 Å². The number of halogens is 3. The summed E-state index contributed by atoms with van der Waals surface area (Å²) in [7, 11) is 0. The van der Waals surface area contributed by atoms with Gasteiger partial charge >= 0.3 is 6.61 Å². The fraction of sp³-hybridized carbons (Fsp3) is 0.727.